The standard InChI is InChI=1S/C12H12Cl2N2/c1-7-8(6-15-2)3-10-11(14)4-9(13)5-12(10)16-7/h3-5,15H,6H2,1-2H3. The monoisotopic (exact) mass is 254 g/mol. The van der Waals surface area contributed by atoms with Crippen molar-refractivity contribution in [2.75, 3.05) is 7.05 Å². The van der Waals surface area contributed by atoms with Gasteiger partial charge in [0.05, 0.1) is 10.5 Å². The summed E-state index contributed by atoms with van der Waals surface area (Å²) < 4.78 is 0. The second-order valence-corrected chi connectivity index (χ2v) is 4.56. The molecule has 0 atom stereocenters. The van der Waals surface area contributed by atoms with E-state index in [0.29, 0.717) is 10.0 Å². The molecule has 0 spiro atoms. The number of aromatic nitrogens is 1. The van der Waals surface area contributed by atoms with Crippen molar-refractivity contribution in [3.63, 3.8) is 0 Å². The Kier molecular flexibility index (Phi) is 3.33. The molecule has 2 rings (SSSR count). The third-order valence-electron chi connectivity index (χ3n) is 2.51. The van der Waals surface area contributed by atoms with Gasteiger partial charge in [-0.1, -0.05) is 23.2 Å². The molecule has 1 heterocycles. The maximum Gasteiger partial charge on any atom is 0.0735 e. The fourth-order valence-corrected chi connectivity index (χ4v) is 2.24. The molecule has 0 saturated carbocycles. The number of nitrogens with zero attached hydrogens (tertiary/aromatic N) is 1. The predicted molar refractivity (Wildman–Crippen MR) is 69.3 cm³/mol. The van der Waals surface area contributed by atoms with E-state index in [1.807, 2.05) is 20.0 Å². The van der Waals surface area contributed by atoms with Gasteiger partial charge in [0.25, 0.3) is 0 Å². The molecule has 4 heteroatoms. The zero-order valence-corrected chi connectivity index (χ0v) is 10.7. The molecule has 1 aromatic carbocycles. The van der Waals surface area contributed by atoms with Crippen LogP contribution >= 0.6 is 23.2 Å². The summed E-state index contributed by atoms with van der Waals surface area (Å²) in [6.07, 6.45) is 0. The predicted octanol–water partition coefficient (Wildman–Crippen LogP) is 3.57. The van der Waals surface area contributed by atoms with Gasteiger partial charge in [0.15, 0.2) is 0 Å². The Labute approximate surface area is 105 Å². The van der Waals surface area contributed by atoms with Gasteiger partial charge >= 0.3 is 0 Å². The van der Waals surface area contributed by atoms with E-state index in [4.69, 9.17) is 23.2 Å². The Balaban J connectivity index is 2.69. The van der Waals surface area contributed by atoms with Gasteiger partial charge in [-0.2, -0.15) is 0 Å². The van der Waals surface area contributed by atoms with E-state index in [-0.39, 0.29) is 0 Å². The van der Waals surface area contributed by atoms with E-state index in [0.717, 1.165) is 28.7 Å². The van der Waals surface area contributed by atoms with Crippen molar-refractivity contribution in [1.29, 1.82) is 0 Å². The van der Waals surface area contributed by atoms with E-state index in [9.17, 15) is 0 Å². The molecule has 1 aromatic heterocycles. The highest BCUT2D eigenvalue weighted by Crippen LogP contribution is 2.28. The molecule has 84 valence electrons. The summed E-state index contributed by atoms with van der Waals surface area (Å²) in [6.45, 7) is 2.77. The summed E-state index contributed by atoms with van der Waals surface area (Å²) in [5.41, 5.74) is 2.99. The first kappa shape index (κ1) is 11.6. The zero-order chi connectivity index (χ0) is 11.7. The first-order valence-electron chi connectivity index (χ1n) is 5.01. The lowest BCUT2D eigenvalue weighted by Gasteiger charge is -2.08. The molecule has 0 aliphatic heterocycles. The topological polar surface area (TPSA) is 24.9 Å². The molecule has 0 fully saturated rings. The molecule has 0 unspecified atom stereocenters. The van der Waals surface area contributed by atoms with Crippen molar-refractivity contribution < 1.29 is 0 Å². The van der Waals surface area contributed by atoms with Crippen molar-refractivity contribution in [3.8, 4) is 0 Å². The van der Waals surface area contributed by atoms with Crippen LogP contribution in [0.5, 0.6) is 0 Å². The van der Waals surface area contributed by atoms with Gasteiger partial charge in [-0.15, -0.1) is 0 Å². The van der Waals surface area contributed by atoms with Crippen LogP contribution in [0.15, 0.2) is 18.2 Å². The van der Waals surface area contributed by atoms with E-state index in [2.05, 4.69) is 16.4 Å². The number of pyridine rings is 1. The molecule has 0 amide bonds. The maximum absolute atomic E-state index is 6.14. The zero-order valence-electron chi connectivity index (χ0n) is 9.14. The Hall–Kier alpha value is -0.830. The lowest BCUT2D eigenvalue weighted by atomic mass is 10.1. The smallest absolute Gasteiger partial charge is 0.0735 e. The highest BCUT2D eigenvalue weighted by molar-refractivity contribution is 6.38. The molecule has 0 radical (unpaired) electrons. The van der Waals surface area contributed by atoms with Crippen molar-refractivity contribution in [1.82, 2.24) is 10.3 Å². The van der Waals surface area contributed by atoms with Gasteiger partial charge in [0, 0.05) is 22.6 Å². The van der Waals surface area contributed by atoms with Crippen LogP contribution in [0.1, 0.15) is 11.3 Å². The average molecular weight is 255 g/mol. The Morgan fingerprint density at radius 2 is 2.00 bits per heavy atom. The van der Waals surface area contributed by atoms with Gasteiger partial charge in [0.1, 0.15) is 0 Å². The number of halogens is 2. The van der Waals surface area contributed by atoms with Gasteiger partial charge in [-0.05, 0) is 37.7 Å². The maximum atomic E-state index is 6.14. The molecule has 0 bridgehead atoms. The SMILES string of the molecule is CNCc1cc2c(Cl)cc(Cl)cc2nc1C. The highest BCUT2D eigenvalue weighted by Gasteiger charge is 2.06. The molecular weight excluding hydrogens is 243 g/mol. The van der Waals surface area contributed by atoms with Crippen LogP contribution in [-0.2, 0) is 6.54 Å². The van der Waals surface area contributed by atoms with Crippen molar-refractivity contribution >= 4 is 34.1 Å². The molecule has 2 aromatic rings. The Morgan fingerprint density at radius 3 is 2.69 bits per heavy atom. The molecule has 0 saturated heterocycles. The Morgan fingerprint density at radius 1 is 1.25 bits per heavy atom. The van der Waals surface area contributed by atoms with Crippen LogP contribution in [0.3, 0.4) is 0 Å². The second kappa shape index (κ2) is 4.58. The molecule has 16 heavy (non-hydrogen) atoms. The minimum Gasteiger partial charge on any atom is -0.316 e. The van der Waals surface area contributed by atoms with Gasteiger partial charge < -0.3 is 5.32 Å². The van der Waals surface area contributed by atoms with Crippen LogP contribution in [-0.4, -0.2) is 12.0 Å². The first-order chi connectivity index (χ1) is 7.61. The second-order valence-electron chi connectivity index (χ2n) is 3.72. The van der Waals surface area contributed by atoms with Gasteiger partial charge in [-0.3, -0.25) is 4.98 Å². The lowest BCUT2D eigenvalue weighted by molar-refractivity contribution is 0.807. The van der Waals surface area contributed by atoms with Crippen molar-refractivity contribution in [2.45, 2.75) is 13.5 Å². The number of benzene rings is 1. The van der Waals surface area contributed by atoms with E-state index in [1.54, 1.807) is 6.07 Å². The van der Waals surface area contributed by atoms with Crippen molar-refractivity contribution in [3.05, 3.63) is 39.5 Å². The minimum atomic E-state index is 0.616. The van der Waals surface area contributed by atoms with E-state index < -0.39 is 0 Å². The van der Waals surface area contributed by atoms with Gasteiger partial charge in [-0.25, -0.2) is 0 Å². The quantitative estimate of drug-likeness (QED) is 0.887. The average Bonchev–Trinajstić information content (AvgIpc) is 2.20. The molecule has 0 aliphatic carbocycles. The summed E-state index contributed by atoms with van der Waals surface area (Å²) >= 11 is 12.1. The fraction of sp³-hybridized carbons (Fsp3) is 0.250. The first-order valence-corrected chi connectivity index (χ1v) is 5.77. The van der Waals surface area contributed by atoms with E-state index in [1.165, 1.54) is 0 Å². The number of fused-ring (bicyclic) bond motifs is 1. The van der Waals surface area contributed by atoms with Crippen LogP contribution < -0.4 is 5.32 Å². The van der Waals surface area contributed by atoms with Crippen molar-refractivity contribution in [2.24, 2.45) is 0 Å². The summed E-state index contributed by atoms with van der Waals surface area (Å²) in [4.78, 5) is 4.51. The third kappa shape index (κ3) is 2.14. The number of rotatable bonds is 2. The number of hydrogen-bond acceptors (Lipinski definition) is 2. The lowest BCUT2D eigenvalue weighted by Crippen LogP contribution is -2.07. The minimum absolute atomic E-state index is 0.616. The highest BCUT2D eigenvalue weighted by atomic mass is 35.5. The van der Waals surface area contributed by atoms with Crippen LogP contribution in [0.25, 0.3) is 10.9 Å². The normalized spacial score (nSPS) is 11.0. The van der Waals surface area contributed by atoms with Crippen LogP contribution in [0.4, 0.5) is 0 Å². The molecular formula is C12H12Cl2N2. The van der Waals surface area contributed by atoms with Crippen LogP contribution in [0.2, 0.25) is 10.0 Å². The number of hydrogen-bond donors (Lipinski definition) is 1. The molecule has 2 nitrogen and oxygen atoms in total. The van der Waals surface area contributed by atoms with E-state index >= 15 is 0 Å². The molecule has 1 N–H and O–H groups in total. The summed E-state index contributed by atoms with van der Waals surface area (Å²) in [5.74, 6) is 0. The van der Waals surface area contributed by atoms with Crippen LogP contribution in [0, 0.1) is 6.92 Å². The number of aryl methyl sites for hydroxylation is 1. The third-order valence-corrected chi connectivity index (χ3v) is 3.04. The summed E-state index contributed by atoms with van der Waals surface area (Å²) in [7, 11) is 1.91. The fourth-order valence-electron chi connectivity index (χ4n) is 1.71. The Bertz CT molecular complexity index is 538. The summed E-state index contributed by atoms with van der Waals surface area (Å²) in [6, 6.07) is 5.64. The number of nitrogens with one attached hydrogen (secondary N) is 1. The van der Waals surface area contributed by atoms with Gasteiger partial charge in [0.2, 0.25) is 0 Å². The summed E-state index contributed by atoms with van der Waals surface area (Å²) in [5, 5.41) is 5.32. The largest absolute Gasteiger partial charge is 0.316 e. The molecule has 0 aliphatic rings.